The standard InChI is InChI=1S/C19H24N2O2/c1-15-10-11-18(13-16(15)2)23-14-21-19(22)20-12-6-9-17-7-4-3-5-8-17/h3-5,7-8,10-11,13H,6,9,12,14H2,1-2H3,(H2,20,21,22). The molecule has 0 aliphatic rings. The molecule has 0 saturated heterocycles. The highest BCUT2D eigenvalue weighted by molar-refractivity contribution is 5.73. The van der Waals surface area contributed by atoms with Crippen molar-refractivity contribution >= 4 is 6.03 Å². The minimum absolute atomic E-state index is 0.160. The van der Waals surface area contributed by atoms with E-state index in [2.05, 4.69) is 29.7 Å². The van der Waals surface area contributed by atoms with Crippen LogP contribution in [0.15, 0.2) is 48.5 Å². The molecule has 0 atom stereocenters. The minimum Gasteiger partial charge on any atom is -0.473 e. The first kappa shape index (κ1) is 16.9. The van der Waals surface area contributed by atoms with Gasteiger partial charge in [-0.15, -0.1) is 0 Å². The highest BCUT2D eigenvalue weighted by Crippen LogP contribution is 2.15. The first-order valence-electron chi connectivity index (χ1n) is 7.91. The number of rotatable bonds is 7. The van der Waals surface area contributed by atoms with Crippen LogP contribution in [0.3, 0.4) is 0 Å². The van der Waals surface area contributed by atoms with Gasteiger partial charge in [-0.05, 0) is 55.5 Å². The summed E-state index contributed by atoms with van der Waals surface area (Å²) in [5.74, 6) is 0.762. The summed E-state index contributed by atoms with van der Waals surface area (Å²) in [7, 11) is 0. The third-order valence-electron chi connectivity index (χ3n) is 3.72. The smallest absolute Gasteiger partial charge is 0.317 e. The third-order valence-corrected chi connectivity index (χ3v) is 3.72. The number of aryl methyl sites for hydroxylation is 3. The Morgan fingerprint density at radius 2 is 1.78 bits per heavy atom. The van der Waals surface area contributed by atoms with Crippen LogP contribution in [-0.2, 0) is 6.42 Å². The van der Waals surface area contributed by atoms with Gasteiger partial charge in [-0.3, -0.25) is 0 Å². The lowest BCUT2D eigenvalue weighted by Crippen LogP contribution is -2.38. The Morgan fingerprint density at radius 1 is 1.00 bits per heavy atom. The Bertz CT molecular complexity index is 627. The van der Waals surface area contributed by atoms with Gasteiger partial charge in [-0.25, -0.2) is 4.79 Å². The van der Waals surface area contributed by atoms with Crippen LogP contribution >= 0.6 is 0 Å². The van der Waals surface area contributed by atoms with Crippen molar-refractivity contribution in [2.75, 3.05) is 13.3 Å². The average Bonchev–Trinajstić information content (AvgIpc) is 2.56. The lowest BCUT2D eigenvalue weighted by molar-refractivity contribution is 0.224. The Morgan fingerprint density at radius 3 is 2.52 bits per heavy atom. The van der Waals surface area contributed by atoms with Gasteiger partial charge in [0, 0.05) is 6.54 Å². The molecule has 0 unspecified atom stereocenters. The van der Waals surface area contributed by atoms with Crippen LogP contribution in [-0.4, -0.2) is 19.3 Å². The highest BCUT2D eigenvalue weighted by Gasteiger charge is 2.01. The van der Waals surface area contributed by atoms with Gasteiger partial charge < -0.3 is 15.4 Å². The molecule has 0 fully saturated rings. The molecule has 0 aromatic heterocycles. The van der Waals surface area contributed by atoms with E-state index < -0.39 is 0 Å². The Kier molecular flexibility index (Phi) is 6.48. The molecule has 4 heteroatoms. The van der Waals surface area contributed by atoms with E-state index in [1.54, 1.807) is 0 Å². The number of hydrogen-bond donors (Lipinski definition) is 2. The lowest BCUT2D eigenvalue weighted by Gasteiger charge is -2.10. The molecule has 2 aromatic carbocycles. The molecule has 0 saturated carbocycles. The van der Waals surface area contributed by atoms with Crippen LogP contribution in [0, 0.1) is 13.8 Å². The van der Waals surface area contributed by atoms with Gasteiger partial charge in [0.1, 0.15) is 5.75 Å². The van der Waals surface area contributed by atoms with E-state index in [4.69, 9.17) is 4.74 Å². The number of urea groups is 1. The highest BCUT2D eigenvalue weighted by atomic mass is 16.5. The molecule has 4 nitrogen and oxygen atoms in total. The van der Waals surface area contributed by atoms with Gasteiger partial charge in [0.05, 0.1) is 0 Å². The van der Waals surface area contributed by atoms with Gasteiger partial charge in [0.15, 0.2) is 6.73 Å². The molecular weight excluding hydrogens is 288 g/mol. The summed E-state index contributed by atoms with van der Waals surface area (Å²) in [6.07, 6.45) is 1.87. The Labute approximate surface area is 137 Å². The molecule has 0 aliphatic carbocycles. The first-order chi connectivity index (χ1) is 11.1. The van der Waals surface area contributed by atoms with E-state index in [9.17, 15) is 4.79 Å². The Hall–Kier alpha value is -2.49. The molecule has 2 N–H and O–H groups in total. The van der Waals surface area contributed by atoms with Gasteiger partial charge >= 0.3 is 6.03 Å². The van der Waals surface area contributed by atoms with Gasteiger partial charge in [0.25, 0.3) is 0 Å². The van der Waals surface area contributed by atoms with Crippen molar-refractivity contribution in [1.29, 1.82) is 0 Å². The number of carbonyl (C=O) groups excluding carboxylic acids is 1. The second kappa shape index (κ2) is 8.83. The van der Waals surface area contributed by atoms with E-state index in [1.165, 1.54) is 16.7 Å². The van der Waals surface area contributed by atoms with Crippen LogP contribution in [0.25, 0.3) is 0 Å². The third kappa shape index (κ3) is 6.02. The topological polar surface area (TPSA) is 50.4 Å². The van der Waals surface area contributed by atoms with Crippen molar-refractivity contribution in [3.63, 3.8) is 0 Å². The van der Waals surface area contributed by atoms with Crippen LogP contribution in [0.4, 0.5) is 4.79 Å². The number of benzene rings is 2. The zero-order chi connectivity index (χ0) is 16.5. The molecular formula is C19H24N2O2. The van der Waals surface area contributed by atoms with Crippen molar-refractivity contribution in [3.05, 3.63) is 65.2 Å². The molecule has 0 radical (unpaired) electrons. The summed E-state index contributed by atoms with van der Waals surface area (Å²) in [6, 6.07) is 15.9. The maximum absolute atomic E-state index is 11.7. The normalized spacial score (nSPS) is 10.2. The quantitative estimate of drug-likeness (QED) is 0.606. The summed E-state index contributed by atoms with van der Waals surface area (Å²) in [6.45, 7) is 4.90. The summed E-state index contributed by atoms with van der Waals surface area (Å²) in [4.78, 5) is 11.7. The predicted octanol–water partition coefficient (Wildman–Crippen LogP) is 3.57. The van der Waals surface area contributed by atoms with Crippen LogP contribution in [0.1, 0.15) is 23.1 Å². The number of amides is 2. The molecule has 0 aliphatic heterocycles. The van der Waals surface area contributed by atoms with E-state index in [-0.39, 0.29) is 12.8 Å². The van der Waals surface area contributed by atoms with E-state index in [0.29, 0.717) is 6.54 Å². The fraction of sp³-hybridized carbons (Fsp3) is 0.316. The van der Waals surface area contributed by atoms with Crippen molar-refractivity contribution in [2.45, 2.75) is 26.7 Å². The molecule has 122 valence electrons. The fourth-order valence-corrected chi connectivity index (χ4v) is 2.19. The second-order valence-electron chi connectivity index (χ2n) is 5.56. The average molecular weight is 312 g/mol. The maximum atomic E-state index is 11.7. The summed E-state index contributed by atoms with van der Waals surface area (Å²) >= 11 is 0. The lowest BCUT2D eigenvalue weighted by atomic mass is 10.1. The SMILES string of the molecule is Cc1ccc(OCNC(=O)NCCCc2ccccc2)cc1C. The summed E-state index contributed by atoms with van der Waals surface area (Å²) < 4.78 is 5.52. The first-order valence-corrected chi connectivity index (χ1v) is 7.91. The van der Waals surface area contributed by atoms with Crippen molar-refractivity contribution in [1.82, 2.24) is 10.6 Å². The number of carbonyl (C=O) groups is 1. The number of nitrogens with one attached hydrogen (secondary N) is 2. The molecule has 2 amide bonds. The van der Waals surface area contributed by atoms with E-state index in [0.717, 1.165) is 18.6 Å². The predicted molar refractivity (Wildman–Crippen MR) is 92.7 cm³/mol. The van der Waals surface area contributed by atoms with Crippen LogP contribution in [0.5, 0.6) is 5.75 Å². The number of ether oxygens (including phenoxy) is 1. The van der Waals surface area contributed by atoms with Crippen LogP contribution in [0.2, 0.25) is 0 Å². The number of hydrogen-bond acceptors (Lipinski definition) is 2. The largest absolute Gasteiger partial charge is 0.473 e. The molecule has 0 spiro atoms. The van der Waals surface area contributed by atoms with E-state index in [1.807, 2.05) is 43.3 Å². The molecule has 23 heavy (non-hydrogen) atoms. The van der Waals surface area contributed by atoms with Gasteiger partial charge in [-0.2, -0.15) is 0 Å². The molecule has 0 heterocycles. The van der Waals surface area contributed by atoms with Gasteiger partial charge in [-0.1, -0.05) is 36.4 Å². The molecule has 2 rings (SSSR count). The van der Waals surface area contributed by atoms with Crippen molar-refractivity contribution in [2.24, 2.45) is 0 Å². The maximum Gasteiger partial charge on any atom is 0.317 e. The minimum atomic E-state index is -0.207. The van der Waals surface area contributed by atoms with Crippen molar-refractivity contribution in [3.8, 4) is 5.75 Å². The summed E-state index contributed by atoms with van der Waals surface area (Å²) in [5, 5.41) is 5.52. The summed E-state index contributed by atoms with van der Waals surface area (Å²) in [5.41, 5.74) is 3.68. The molecule has 2 aromatic rings. The van der Waals surface area contributed by atoms with Gasteiger partial charge in [0.2, 0.25) is 0 Å². The zero-order valence-corrected chi connectivity index (χ0v) is 13.8. The zero-order valence-electron chi connectivity index (χ0n) is 13.8. The molecule has 0 bridgehead atoms. The monoisotopic (exact) mass is 312 g/mol. The second-order valence-corrected chi connectivity index (χ2v) is 5.56. The van der Waals surface area contributed by atoms with Crippen molar-refractivity contribution < 1.29 is 9.53 Å². The Balaban J connectivity index is 1.59. The van der Waals surface area contributed by atoms with E-state index >= 15 is 0 Å². The fourth-order valence-electron chi connectivity index (χ4n) is 2.19. The van der Waals surface area contributed by atoms with Crippen LogP contribution < -0.4 is 15.4 Å².